The van der Waals surface area contributed by atoms with Crippen molar-refractivity contribution in [2.75, 3.05) is 17.3 Å². The maximum Gasteiger partial charge on any atom is 0.00699 e. The number of hydrogen-bond acceptors (Lipinski definition) is 1. The summed E-state index contributed by atoms with van der Waals surface area (Å²) in [6.45, 7) is 4.56. The molecule has 0 aliphatic carbocycles. The molecule has 0 heterocycles. The Hall–Kier alpha value is 0.830. The first-order chi connectivity index (χ1) is 4.22. The van der Waals surface area contributed by atoms with Gasteiger partial charge in [-0.3, -0.25) is 0 Å². The molecule has 0 nitrogen and oxygen atoms in total. The Morgan fingerprint density at radius 1 is 1.44 bits per heavy atom. The first-order valence-electron chi connectivity index (χ1n) is 3.27. The van der Waals surface area contributed by atoms with Crippen LogP contribution >= 0.6 is 27.7 Å². The molecule has 2 heteroatoms. The van der Waals surface area contributed by atoms with Crippen LogP contribution in [0.5, 0.6) is 0 Å². The second-order valence-electron chi connectivity index (χ2n) is 2.61. The monoisotopic (exact) mass is 210 g/mol. The van der Waals surface area contributed by atoms with E-state index < -0.39 is 0 Å². The van der Waals surface area contributed by atoms with E-state index in [1.165, 1.54) is 5.75 Å². The SMILES string of the molecule is CSCC(CBr)C(C)C. The summed E-state index contributed by atoms with van der Waals surface area (Å²) >= 11 is 5.44. The average molecular weight is 211 g/mol. The third-order valence-electron chi connectivity index (χ3n) is 1.52. The van der Waals surface area contributed by atoms with Crippen LogP contribution < -0.4 is 0 Å². The fourth-order valence-corrected chi connectivity index (χ4v) is 2.84. The highest BCUT2D eigenvalue weighted by Crippen LogP contribution is 2.17. The van der Waals surface area contributed by atoms with Crippen molar-refractivity contribution in [2.24, 2.45) is 11.8 Å². The van der Waals surface area contributed by atoms with Gasteiger partial charge in [0, 0.05) is 5.33 Å². The molecule has 0 bridgehead atoms. The standard InChI is InChI=1S/C7H15BrS/c1-6(2)7(4-8)5-9-3/h6-7H,4-5H2,1-3H3. The third kappa shape index (κ3) is 4.26. The number of thioether (sulfide) groups is 1. The first kappa shape index (κ1) is 9.83. The fraction of sp³-hybridized carbons (Fsp3) is 1.00. The molecule has 0 aromatic rings. The largest absolute Gasteiger partial charge is 0.165 e. The second-order valence-corrected chi connectivity index (χ2v) is 4.17. The Kier molecular flexibility index (Phi) is 6.12. The smallest absolute Gasteiger partial charge is 0.00699 e. The number of rotatable bonds is 4. The summed E-state index contributed by atoms with van der Waals surface area (Å²) in [6, 6.07) is 0. The molecule has 0 saturated carbocycles. The normalized spacial score (nSPS) is 14.3. The van der Waals surface area contributed by atoms with Crippen molar-refractivity contribution in [1.82, 2.24) is 0 Å². The Morgan fingerprint density at radius 2 is 2.00 bits per heavy atom. The van der Waals surface area contributed by atoms with E-state index in [4.69, 9.17) is 0 Å². The minimum absolute atomic E-state index is 0.817. The molecule has 0 saturated heterocycles. The second kappa shape index (κ2) is 5.60. The van der Waals surface area contributed by atoms with Crippen molar-refractivity contribution in [3.63, 3.8) is 0 Å². The average Bonchev–Trinajstić information content (AvgIpc) is 1.82. The Labute approximate surface area is 70.9 Å². The van der Waals surface area contributed by atoms with Gasteiger partial charge in [0.1, 0.15) is 0 Å². The third-order valence-corrected chi connectivity index (χ3v) is 3.11. The van der Waals surface area contributed by atoms with Crippen LogP contribution in [0.4, 0.5) is 0 Å². The van der Waals surface area contributed by atoms with E-state index in [1.54, 1.807) is 0 Å². The topological polar surface area (TPSA) is 0 Å². The van der Waals surface area contributed by atoms with E-state index in [1.807, 2.05) is 11.8 Å². The molecule has 9 heavy (non-hydrogen) atoms. The van der Waals surface area contributed by atoms with Crippen LogP contribution in [0.3, 0.4) is 0 Å². The maximum atomic E-state index is 3.50. The fourth-order valence-electron chi connectivity index (χ4n) is 0.629. The van der Waals surface area contributed by atoms with E-state index in [-0.39, 0.29) is 0 Å². The lowest BCUT2D eigenvalue weighted by Gasteiger charge is -2.15. The molecule has 0 aromatic heterocycles. The molecule has 0 aliphatic rings. The molecular weight excluding hydrogens is 196 g/mol. The van der Waals surface area contributed by atoms with Crippen molar-refractivity contribution in [2.45, 2.75) is 13.8 Å². The van der Waals surface area contributed by atoms with Gasteiger partial charge >= 0.3 is 0 Å². The van der Waals surface area contributed by atoms with Crippen molar-refractivity contribution < 1.29 is 0 Å². The highest BCUT2D eigenvalue weighted by molar-refractivity contribution is 9.09. The summed E-state index contributed by atoms with van der Waals surface area (Å²) in [7, 11) is 0. The van der Waals surface area contributed by atoms with Crippen LogP contribution in [0.15, 0.2) is 0 Å². The predicted molar refractivity (Wildman–Crippen MR) is 50.5 cm³/mol. The first-order valence-corrected chi connectivity index (χ1v) is 5.78. The Bertz CT molecular complexity index is 63.9. The van der Waals surface area contributed by atoms with E-state index >= 15 is 0 Å². The zero-order chi connectivity index (χ0) is 7.28. The van der Waals surface area contributed by atoms with Gasteiger partial charge in [-0.25, -0.2) is 0 Å². The van der Waals surface area contributed by atoms with E-state index in [0.717, 1.165) is 17.2 Å². The summed E-state index contributed by atoms with van der Waals surface area (Å²) < 4.78 is 0. The van der Waals surface area contributed by atoms with Gasteiger partial charge in [-0.1, -0.05) is 29.8 Å². The molecule has 0 fully saturated rings. The summed E-state index contributed by atoms with van der Waals surface area (Å²) in [6.07, 6.45) is 2.16. The van der Waals surface area contributed by atoms with Crippen molar-refractivity contribution in [3.8, 4) is 0 Å². The van der Waals surface area contributed by atoms with Gasteiger partial charge in [-0.2, -0.15) is 11.8 Å². The highest BCUT2D eigenvalue weighted by Gasteiger charge is 2.09. The van der Waals surface area contributed by atoms with Crippen LogP contribution in [0, 0.1) is 11.8 Å². The van der Waals surface area contributed by atoms with Gasteiger partial charge in [-0.15, -0.1) is 0 Å². The van der Waals surface area contributed by atoms with Gasteiger partial charge in [0.2, 0.25) is 0 Å². The lowest BCUT2D eigenvalue weighted by molar-refractivity contribution is 0.475. The van der Waals surface area contributed by atoms with Crippen LogP contribution in [-0.4, -0.2) is 17.3 Å². The Balaban J connectivity index is 3.41. The number of halogens is 1. The van der Waals surface area contributed by atoms with Crippen LogP contribution in [0.25, 0.3) is 0 Å². The Morgan fingerprint density at radius 3 is 2.11 bits per heavy atom. The summed E-state index contributed by atoms with van der Waals surface area (Å²) in [5.74, 6) is 2.94. The van der Waals surface area contributed by atoms with Crippen molar-refractivity contribution >= 4 is 27.7 Å². The zero-order valence-corrected chi connectivity index (χ0v) is 8.76. The van der Waals surface area contributed by atoms with E-state index in [9.17, 15) is 0 Å². The summed E-state index contributed by atoms with van der Waals surface area (Å²) in [5, 5.41) is 1.14. The number of alkyl halides is 1. The van der Waals surface area contributed by atoms with Gasteiger partial charge in [0.15, 0.2) is 0 Å². The number of hydrogen-bond donors (Lipinski definition) is 0. The van der Waals surface area contributed by atoms with E-state index in [0.29, 0.717) is 0 Å². The van der Waals surface area contributed by atoms with Crippen LogP contribution in [0.2, 0.25) is 0 Å². The summed E-state index contributed by atoms with van der Waals surface area (Å²) in [5.41, 5.74) is 0. The molecular formula is C7H15BrS. The molecule has 56 valence electrons. The highest BCUT2D eigenvalue weighted by atomic mass is 79.9. The maximum absolute atomic E-state index is 3.50. The van der Waals surface area contributed by atoms with Gasteiger partial charge in [0.25, 0.3) is 0 Å². The van der Waals surface area contributed by atoms with Gasteiger partial charge < -0.3 is 0 Å². The molecule has 0 N–H and O–H groups in total. The predicted octanol–water partition coefficient (Wildman–Crippen LogP) is 3.02. The molecule has 0 aliphatic heterocycles. The van der Waals surface area contributed by atoms with E-state index in [2.05, 4.69) is 36.0 Å². The molecule has 0 spiro atoms. The molecule has 1 atom stereocenters. The molecule has 0 amide bonds. The molecule has 0 rings (SSSR count). The zero-order valence-electron chi connectivity index (χ0n) is 6.36. The van der Waals surface area contributed by atoms with Crippen LogP contribution in [-0.2, 0) is 0 Å². The van der Waals surface area contributed by atoms with Gasteiger partial charge in [0.05, 0.1) is 0 Å². The van der Waals surface area contributed by atoms with Gasteiger partial charge in [-0.05, 0) is 23.8 Å². The minimum Gasteiger partial charge on any atom is -0.165 e. The quantitative estimate of drug-likeness (QED) is 0.644. The molecule has 0 aromatic carbocycles. The van der Waals surface area contributed by atoms with Crippen molar-refractivity contribution in [1.29, 1.82) is 0 Å². The summed E-state index contributed by atoms with van der Waals surface area (Å²) in [4.78, 5) is 0. The van der Waals surface area contributed by atoms with Crippen LogP contribution in [0.1, 0.15) is 13.8 Å². The molecule has 0 radical (unpaired) electrons. The lowest BCUT2D eigenvalue weighted by Crippen LogP contribution is -2.12. The minimum atomic E-state index is 0.817. The lowest BCUT2D eigenvalue weighted by atomic mass is 10.0. The van der Waals surface area contributed by atoms with Crippen molar-refractivity contribution in [3.05, 3.63) is 0 Å². The molecule has 1 unspecified atom stereocenters.